The first-order chi connectivity index (χ1) is 11.8. The van der Waals surface area contributed by atoms with E-state index in [2.05, 4.69) is 5.32 Å². The van der Waals surface area contributed by atoms with Gasteiger partial charge in [0, 0.05) is 6.42 Å². The van der Waals surface area contributed by atoms with Crippen molar-refractivity contribution in [1.29, 1.82) is 0 Å². The van der Waals surface area contributed by atoms with Crippen molar-refractivity contribution in [2.24, 2.45) is 0 Å². The van der Waals surface area contributed by atoms with Gasteiger partial charge in [0.2, 0.25) is 11.8 Å². The van der Waals surface area contributed by atoms with Crippen molar-refractivity contribution in [3.05, 3.63) is 29.3 Å². The Balaban J connectivity index is 1.97. The van der Waals surface area contributed by atoms with Gasteiger partial charge >= 0.3 is 11.9 Å². The van der Waals surface area contributed by atoms with Crippen molar-refractivity contribution in [2.75, 3.05) is 5.32 Å². The highest BCUT2D eigenvalue weighted by Crippen LogP contribution is 2.32. The van der Waals surface area contributed by atoms with E-state index in [9.17, 15) is 28.8 Å². The number of hydrogen-bond acceptors (Lipinski definition) is 6. The van der Waals surface area contributed by atoms with Gasteiger partial charge in [-0.2, -0.15) is 0 Å². The number of benzene rings is 1. The Morgan fingerprint density at radius 3 is 2.52 bits per heavy atom. The molecule has 2 aliphatic heterocycles. The first-order valence-corrected chi connectivity index (χ1v) is 7.20. The van der Waals surface area contributed by atoms with Crippen LogP contribution in [-0.2, 0) is 19.2 Å². The Kier molecular flexibility index (Phi) is 3.79. The molecule has 25 heavy (non-hydrogen) atoms. The molecule has 0 aliphatic carbocycles. The van der Waals surface area contributed by atoms with E-state index in [1.807, 2.05) is 5.32 Å². The molecule has 1 fully saturated rings. The molecule has 3 rings (SSSR count). The fourth-order valence-corrected chi connectivity index (χ4v) is 2.79. The average molecular weight is 345 g/mol. The van der Waals surface area contributed by atoms with E-state index in [-0.39, 0.29) is 29.7 Å². The summed E-state index contributed by atoms with van der Waals surface area (Å²) in [7, 11) is 0. The number of nitrogens with one attached hydrogen (secondary N) is 2. The fraction of sp³-hybridized carbons (Fsp3) is 0.200. The van der Waals surface area contributed by atoms with E-state index in [0.29, 0.717) is 0 Å². The molecule has 10 heteroatoms. The molecule has 2 heterocycles. The fourth-order valence-electron chi connectivity index (χ4n) is 2.79. The summed E-state index contributed by atoms with van der Waals surface area (Å²) in [5.41, 5.74) is -0.386. The summed E-state index contributed by atoms with van der Waals surface area (Å²) >= 11 is 0. The summed E-state index contributed by atoms with van der Waals surface area (Å²) in [6, 6.07) is 2.83. The monoisotopic (exact) mass is 345 g/mol. The Hall–Kier alpha value is -3.56. The maximum atomic E-state index is 12.6. The van der Waals surface area contributed by atoms with Crippen LogP contribution in [0.25, 0.3) is 0 Å². The number of hydrogen-bond donors (Lipinski definition) is 3. The molecule has 2 aliphatic rings. The van der Waals surface area contributed by atoms with Crippen LogP contribution in [0.1, 0.15) is 33.6 Å². The third kappa shape index (κ3) is 2.63. The molecule has 10 nitrogen and oxygen atoms in total. The van der Waals surface area contributed by atoms with E-state index in [1.54, 1.807) is 0 Å². The highest BCUT2D eigenvalue weighted by molar-refractivity contribution is 6.37. The number of fused-ring (bicyclic) bond motifs is 1. The molecule has 1 unspecified atom stereocenters. The lowest BCUT2D eigenvalue weighted by Crippen LogP contribution is -2.54. The number of rotatable bonds is 2. The summed E-state index contributed by atoms with van der Waals surface area (Å²) in [6.07, 6.45) is -0.0284. The maximum absolute atomic E-state index is 12.6. The molecule has 1 saturated heterocycles. The van der Waals surface area contributed by atoms with E-state index in [4.69, 9.17) is 5.11 Å². The summed E-state index contributed by atoms with van der Waals surface area (Å²) in [5, 5.41) is 12.8. The maximum Gasteiger partial charge on any atom is 0.394 e. The Morgan fingerprint density at radius 2 is 1.88 bits per heavy atom. The summed E-state index contributed by atoms with van der Waals surface area (Å²) < 4.78 is 0. The molecular weight excluding hydrogens is 334 g/mol. The lowest BCUT2D eigenvalue weighted by molar-refractivity contribution is -0.147. The number of carboxylic acids is 1. The van der Waals surface area contributed by atoms with Gasteiger partial charge < -0.3 is 10.4 Å². The normalized spacial score (nSPS) is 19.5. The van der Waals surface area contributed by atoms with Crippen molar-refractivity contribution < 1.29 is 33.9 Å². The average Bonchev–Trinajstić information content (AvgIpc) is 2.80. The molecule has 0 bridgehead atoms. The van der Waals surface area contributed by atoms with Crippen molar-refractivity contribution in [1.82, 2.24) is 10.2 Å². The molecule has 5 amide bonds. The minimum Gasteiger partial charge on any atom is -0.474 e. The van der Waals surface area contributed by atoms with Gasteiger partial charge in [0.1, 0.15) is 6.04 Å². The number of amides is 5. The molecule has 1 atom stereocenters. The highest BCUT2D eigenvalue weighted by Gasteiger charge is 2.45. The second-order valence-corrected chi connectivity index (χ2v) is 5.43. The van der Waals surface area contributed by atoms with Gasteiger partial charge in [-0.05, 0) is 18.6 Å². The van der Waals surface area contributed by atoms with Crippen LogP contribution in [0.3, 0.4) is 0 Å². The first kappa shape index (κ1) is 16.3. The molecule has 0 aromatic heterocycles. The second kappa shape index (κ2) is 5.82. The summed E-state index contributed by atoms with van der Waals surface area (Å²) in [6.45, 7) is 0. The molecule has 128 valence electrons. The number of carbonyl (C=O) groups is 6. The zero-order valence-electron chi connectivity index (χ0n) is 12.6. The lowest BCUT2D eigenvalue weighted by atomic mass is 10.0. The minimum absolute atomic E-state index is 0.00699. The number of carbonyl (C=O) groups excluding carboxylic acids is 5. The zero-order valence-corrected chi connectivity index (χ0v) is 12.6. The molecular formula is C15H11N3O7. The lowest BCUT2D eigenvalue weighted by Gasteiger charge is -2.27. The summed E-state index contributed by atoms with van der Waals surface area (Å²) in [5.74, 6) is -5.96. The highest BCUT2D eigenvalue weighted by atomic mass is 16.4. The number of imide groups is 2. The molecule has 1 aromatic carbocycles. The van der Waals surface area contributed by atoms with Crippen LogP contribution in [0, 0.1) is 0 Å². The largest absolute Gasteiger partial charge is 0.474 e. The Bertz CT molecular complexity index is 861. The quantitative estimate of drug-likeness (QED) is 0.465. The van der Waals surface area contributed by atoms with Crippen LogP contribution in [-0.4, -0.2) is 51.6 Å². The van der Waals surface area contributed by atoms with Crippen LogP contribution in [0.4, 0.5) is 5.69 Å². The molecule has 1 aromatic rings. The number of nitrogens with zero attached hydrogens (tertiary/aromatic N) is 1. The number of aliphatic carboxylic acids is 1. The van der Waals surface area contributed by atoms with Gasteiger partial charge in [-0.1, -0.05) is 6.07 Å². The van der Waals surface area contributed by atoms with Crippen molar-refractivity contribution in [3.63, 3.8) is 0 Å². The standard InChI is InChI=1S/C15H11N3O7/c19-9-5-4-8(11(20)17-9)18-13(22)6-2-1-3-7(10(6)14(18)23)16-12(21)15(24)25/h1-3,8H,4-5H2,(H,16,21)(H,24,25)(H,17,19,20). The predicted molar refractivity (Wildman–Crippen MR) is 79.4 cm³/mol. The van der Waals surface area contributed by atoms with Gasteiger partial charge in [-0.3, -0.25) is 34.2 Å². The number of anilines is 1. The summed E-state index contributed by atoms with van der Waals surface area (Å²) in [4.78, 5) is 71.1. The van der Waals surface area contributed by atoms with Crippen LogP contribution >= 0.6 is 0 Å². The smallest absolute Gasteiger partial charge is 0.394 e. The second-order valence-electron chi connectivity index (χ2n) is 5.43. The SMILES string of the molecule is O=C1CCC(N2C(=O)c3cccc(NC(=O)C(=O)O)c3C2=O)C(=O)N1. The van der Waals surface area contributed by atoms with E-state index in [0.717, 1.165) is 4.90 Å². The van der Waals surface area contributed by atoms with Gasteiger partial charge in [-0.15, -0.1) is 0 Å². The van der Waals surface area contributed by atoms with Crippen molar-refractivity contribution in [2.45, 2.75) is 18.9 Å². The van der Waals surface area contributed by atoms with E-state index < -0.39 is 41.5 Å². The number of carboxylic acid groups (broad SMARTS) is 1. The number of piperidine rings is 1. The third-order valence-electron chi connectivity index (χ3n) is 3.91. The molecule has 0 spiro atoms. The Morgan fingerprint density at radius 1 is 1.16 bits per heavy atom. The van der Waals surface area contributed by atoms with Crippen molar-refractivity contribution in [3.8, 4) is 0 Å². The van der Waals surface area contributed by atoms with Gasteiger partial charge in [0.25, 0.3) is 11.8 Å². The van der Waals surface area contributed by atoms with Gasteiger partial charge in [-0.25, -0.2) is 4.79 Å². The predicted octanol–water partition coefficient (Wildman–Crippen LogP) is -0.889. The van der Waals surface area contributed by atoms with E-state index in [1.165, 1.54) is 18.2 Å². The van der Waals surface area contributed by atoms with Crippen LogP contribution in [0.15, 0.2) is 18.2 Å². The van der Waals surface area contributed by atoms with Crippen LogP contribution in [0.2, 0.25) is 0 Å². The third-order valence-corrected chi connectivity index (χ3v) is 3.91. The van der Waals surface area contributed by atoms with Gasteiger partial charge in [0.05, 0.1) is 16.8 Å². The molecule has 0 saturated carbocycles. The first-order valence-electron chi connectivity index (χ1n) is 7.20. The topological polar surface area (TPSA) is 150 Å². The minimum atomic E-state index is -1.75. The molecule has 3 N–H and O–H groups in total. The van der Waals surface area contributed by atoms with Crippen LogP contribution < -0.4 is 10.6 Å². The van der Waals surface area contributed by atoms with Crippen molar-refractivity contribution >= 4 is 41.2 Å². The Labute approximate surface area is 139 Å². The van der Waals surface area contributed by atoms with Crippen LogP contribution in [0.5, 0.6) is 0 Å². The van der Waals surface area contributed by atoms with Gasteiger partial charge in [0.15, 0.2) is 0 Å². The molecule has 0 radical (unpaired) electrons. The van der Waals surface area contributed by atoms with E-state index >= 15 is 0 Å². The zero-order chi connectivity index (χ0) is 18.3.